The number of rotatable bonds is 6. The van der Waals surface area contributed by atoms with Crippen LogP contribution in [-0.2, 0) is 10.0 Å². The van der Waals surface area contributed by atoms with Crippen LogP contribution in [-0.4, -0.2) is 45.4 Å². The molecule has 1 amide bonds. The molecule has 0 bridgehead atoms. The van der Waals surface area contributed by atoms with Crippen LogP contribution in [0.2, 0.25) is 0 Å². The molecule has 8 heteroatoms. The Morgan fingerprint density at radius 2 is 1.77 bits per heavy atom. The molecule has 0 spiro atoms. The number of piperidine rings is 1. The summed E-state index contributed by atoms with van der Waals surface area (Å²) in [5.41, 5.74) is 1.99. The molecular weight excluding hydrogens is 417 g/mol. The Bertz CT molecular complexity index is 1060. The zero-order valence-electron chi connectivity index (χ0n) is 18.4. The number of benzene rings is 2. The van der Waals surface area contributed by atoms with Crippen molar-refractivity contribution in [1.82, 2.24) is 9.62 Å². The number of likely N-dealkylation sites (tertiary alicyclic amines) is 1. The first-order valence-electron chi connectivity index (χ1n) is 10.5. The van der Waals surface area contributed by atoms with Crippen LogP contribution in [0.25, 0.3) is 0 Å². The summed E-state index contributed by atoms with van der Waals surface area (Å²) in [5.74, 6) is -1.05. The van der Waals surface area contributed by atoms with Crippen molar-refractivity contribution >= 4 is 21.6 Å². The van der Waals surface area contributed by atoms with Crippen LogP contribution in [0.3, 0.4) is 0 Å². The van der Waals surface area contributed by atoms with Crippen molar-refractivity contribution in [1.29, 1.82) is 0 Å². The minimum absolute atomic E-state index is 0.211. The Morgan fingerprint density at radius 3 is 2.42 bits per heavy atom. The molecule has 1 heterocycles. The number of hydrogen-bond donors (Lipinski definition) is 2. The molecule has 3 rings (SSSR count). The number of amides is 1. The molecule has 0 aromatic heterocycles. The van der Waals surface area contributed by atoms with Crippen LogP contribution in [0.4, 0.5) is 10.1 Å². The maximum atomic E-state index is 14.8. The van der Waals surface area contributed by atoms with E-state index >= 15 is 0 Å². The first-order chi connectivity index (χ1) is 14.6. The van der Waals surface area contributed by atoms with Crippen molar-refractivity contribution < 1.29 is 17.6 Å². The largest absolute Gasteiger partial charge is 0.322 e. The second-order valence-corrected chi connectivity index (χ2v) is 10.1. The normalized spacial score (nSPS) is 16.8. The van der Waals surface area contributed by atoms with E-state index in [0.717, 1.165) is 37.6 Å². The Hall–Kier alpha value is -2.29. The van der Waals surface area contributed by atoms with Gasteiger partial charge in [0.25, 0.3) is 5.91 Å². The predicted octanol–water partition coefficient (Wildman–Crippen LogP) is 3.70. The maximum absolute atomic E-state index is 14.8. The van der Waals surface area contributed by atoms with Crippen LogP contribution in [0.5, 0.6) is 0 Å². The summed E-state index contributed by atoms with van der Waals surface area (Å²) in [6, 6.07) is 9.13. The number of halogens is 1. The molecule has 0 aliphatic carbocycles. The summed E-state index contributed by atoms with van der Waals surface area (Å²) in [7, 11) is -1.99. The van der Waals surface area contributed by atoms with E-state index in [-0.39, 0.29) is 23.6 Å². The topological polar surface area (TPSA) is 78.5 Å². The lowest BCUT2D eigenvalue weighted by atomic mass is 9.91. The summed E-state index contributed by atoms with van der Waals surface area (Å²) in [4.78, 5) is 14.4. The summed E-state index contributed by atoms with van der Waals surface area (Å²) in [5, 5.41) is 2.68. The van der Waals surface area contributed by atoms with Gasteiger partial charge in [-0.3, -0.25) is 4.79 Å². The molecular formula is C23H30FN3O3S. The molecule has 1 aliphatic heterocycles. The summed E-state index contributed by atoms with van der Waals surface area (Å²) in [6.07, 6.45) is 1.79. The molecule has 0 saturated carbocycles. The van der Waals surface area contributed by atoms with Crippen LogP contribution < -0.4 is 10.0 Å². The number of nitrogens with one attached hydrogen (secondary N) is 2. The highest BCUT2D eigenvalue weighted by molar-refractivity contribution is 7.89. The van der Waals surface area contributed by atoms with Crippen molar-refractivity contribution in [2.75, 3.05) is 25.5 Å². The fraction of sp³-hybridized carbons (Fsp3) is 0.435. The van der Waals surface area contributed by atoms with Crippen molar-refractivity contribution in [3.8, 4) is 0 Å². The lowest BCUT2D eigenvalue weighted by Crippen LogP contribution is -2.43. The Kier molecular flexibility index (Phi) is 7.13. The van der Waals surface area contributed by atoms with Crippen LogP contribution in [0.1, 0.15) is 41.3 Å². The Balaban J connectivity index is 1.77. The molecule has 2 N–H and O–H groups in total. The van der Waals surface area contributed by atoms with Gasteiger partial charge in [0.1, 0.15) is 10.7 Å². The number of aryl methyl sites for hydroxylation is 2. The summed E-state index contributed by atoms with van der Waals surface area (Å²) < 4.78 is 43.2. The molecule has 2 aromatic carbocycles. The first kappa shape index (κ1) is 23.4. The fourth-order valence-corrected chi connectivity index (χ4v) is 5.40. The second kappa shape index (κ2) is 9.46. The van der Waals surface area contributed by atoms with Gasteiger partial charge in [-0.2, -0.15) is 0 Å². The van der Waals surface area contributed by atoms with E-state index in [2.05, 4.69) is 14.9 Å². The van der Waals surface area contributed by atoms with Crippen LogP contribution >= 0.6 is 0 Å². The quantitative estimate of drug-likeness (QED) is 0.708. The van der Waals surface area contributed by atoms with Gasteiger partial charge in [0.2, 0.25) is 10.0 Å². The standard InChI is InChI=1S/C23H30FN3O3S/c1-15-7-5-6-8-19(15)23(28)25-21-14-20(24)22(13-16(21)2)31(29,30)26-17(3)18-9-11-27(4)12-10-18/h5-8,13-14,17-18,26H,9-12H2,1-4H3,(H,25,28)/t17-/m0/s1. The molecule has 1 saturated heterocycles. The lowest BCUT2D eigenvalue weighted by molar-refractivity contribution is 0.102. The molecule has 0 unspecified atom stereocenters. The van der Waals surface area contributed by atoms with Gasteiger partial charge in [0.05, 0.1) is 0 Å². The lowest BCUT2D eigenvalue weighted by Gasteiger charge is -2.32. The minimum atomic E-state index is -4.03. The third-order valence-electron chi connectivity index (χ3n) is 6.02. The van der Waals surface area contributed by atoms with Gasteiger partial charge < -0.3 is 10.2 Å². The van der Waals surface area contributed by atoms with E-state index in [1.54, 1.807) is 19.1 Å². The molecule has 1 aliphatic rings. The minimum Gasteiger partial charge on any atom is -0.322 e. The van der Waals surface area contributed by atoms with E-state index in [0.29, 0.717) is 11.1 Å². The van der Waals surface area contributed by atoms with E-state index < -0.39 is 20.7 Å². The molecule has 6 nitrogen and oxygen atoms in total. The number of carbonyl (C=O) groups is 1. The van der Waals surface area contributed by atoms with Gasteiger partial charge in [0, 0.05) is 17.3 Å². The van der Waals surface area contributed by atoms with Crippen molar-refractivity contribution in [3.05, 3.63) is 58.9 Å². The van der Waals surface area contributed by atoms with Gasteiger partial charge in [0.15, 0.2) is 0 Å². The van der Waals surface area contributed by atoms with E-state index in [4.69, 9.17) is 0 Å². The average molecular weight is 448 g/mol. The van der Waals surface area contributed by atoms with Gasteiger partial charge in [-0.25, -0.2) is 17.5 Å². The highest BCUT2D eigenvalue weighted by atomic mass is 32.2. The summed E-state index contributed by atoms with van der Waals surface area (Å²) >= 11 is 0. The molecule has 168 valence electrons. The first-order valence-corrected chi connectivity index (χ1v) is 11.9. The smallest absolute Gasteiger partial charge is 0.255 e. The maximum Gasteiger partial charge on any atom is 0.255 e. The fourth-order valence-electron chi connectivity index (χ4n) is 3.95. The van der Waals surface area contributed by atoms with E-state index in [1.165, 1.54) is 6.07 Å². The number of anilines is 1. The highest BCUT2D eigenvalue weighted by Crippen LogP contribution is 2.26. The molecule has 0 radical (unpaired) electrons. The van der Waals surface area contributed by atoms with Crippen LogP contribution in [0, 0.1) is 25.6 Å². The van der Waals surface area contributed by atoms with E-state index in [9.17, 15) is 17.6 Å². The van der Waals surface area contributed by atoms with Gasteiger partial charge in [-0.05, 0) is 89.0 Å². The molecule has 1 atom stereocenters. The van der Waals surface area contributed by atoms with Crippen LogP contribution in [0.15, 0.2) is 41.3 Å². The molecule has 31 heavy (non-hydrogen) atoms. The zero-order valence-corrected chi connectivity index (χ0v) is 19.2. The average Bonchev–Trinajstić information content (AvgIpc) is 2.70. The molecule has 2 aromatic rings. The van der Waals surface area contributed by atoms with Gasteiger partial charge in [-0.1, -0.05) is 18.2 Å². The Labute approximate surface area is 183 Å². The monoisotopic (exact) mass is 447 g/mol. The predicted molar refractivity (Wildman–Crippen MR) is 120 cm³/mol. The summed E-state index contributed by atoms with van der Waals surface area (Å²) in [6.45, 7) is 7.12. The number of hydrogen-bond acceptors (Lipinski definition) is 4. The van der Waals surface area contributed by atoms with Gasteiger partial charge >= 0.3 is 0 Å². The third kappa shape index (κ3) is 5.50. The Morgan fingerprint density at radius 1 is 1.13 bits per heavy atom. The highest BCUT2D eigenvalue weighted by Gasteiger charge is 2.28. The van der Waals surface area contributed by atoms with E-state index in [1.807, 2.05) is 33.0 Å². The number of nitrogens with zero attached hydrogens (tertiary/aromatic N) is 1. The third-order valence-corrected chi connectivity index (χ3v) is 7.59. The van der Waals surface area contributed by atoms with Crippen molar-refractivity contribution in [2.45, 2.75) is 44.6 Å². The second-order valence-electron chi connectivity index (χ2n) is 8.42. The van der Waals surface area contributed by atoms with Crippen molar-refractivity contribution in [3.63, 3.8) is 0 Å². The SMILES string of the molecule is Cc1cc(S(=O)(=O)N[C@@H](C)C2CCN(C)CC2)c(F)cc1NC(=O)c1ccccc1C. The zero-order chi connectivity index (χ0) is 22.8. The molecule has 1 fully saturated rings. The number of carbonyl (C=O) groups excluding carboxylic acids is 1. The number of sulfonamides is 1. The van der Waals surface area contributed by atoms with Crippen molar-refractivity contribution in [2.24, 2.45) is 5.92 Å². The van der Waals surface area contributed by atoms with Gasteiger partial charge in [-0.15, -0.1) is 0 Å².